The Kier molecular flexibility index (Phi) is 3.99. The van der Waals surface area contributed by atoms with Crippen LogP contribution in [0.3, 0.4) is 0 Å². The minimum absolute atomic E-state index is 0.0116. The van der Waals surface area contributed by atoms with E-state index in [1.54, 1.807) is 6.92 Å². The van der Waals surface area contributed by atoms with Crippen LogP contribution in [0.2, 0.25) is 5.02 Å². The lowest BCUT2D eigenvalue weighted by Crippen LogP contribution is -2.47. The second-order valence-corrected chi connectivity index (χ2v) is 5.67. The molecule has 1 aliphatic carbocycles. The summed E-state index contributed by atoms with van der Waals surface area (Å²) in [6, 6.07) is 3.04. The molecule has 2 rings (SSSR count). The Bertz CT molecular complexity index is 563. The molecule has 0 heterocycles. The van der Waals surface area contributed by atoms with Crippen LogP contribution < -0.4 is 5.32 Å². The molecule has 1 fully saturated rings. The molecule has 20 heavy (non-hydrogen) atoms. The molecule has 6 heteroatoms. The fourth-order valence-corrected chi connectivity index (χ4v) is 2.82. The van der Waals surface area contributed by atoms with Crippen LogP contribution in [0.25, 0.3) is 0 Å². The number of nitrogens with one attached hydrogen (secondary N) is 1. The van der Waals surface area contributed by atoms with Crippen molar-refractivity contribution in [2.45, 2.75) is 32.2 Å². The van der Waals surface area contributed by atoms with Gasteiger partial charge in [-0.15, -0.1) is 0 Å². The molecule has 0 bridgehead atoms. The van der Waals surface area contributed by atoms with Gasteiger partial charge in [0.05, 0.1) is 16.0 Å². The molecule has 1 saturated carbocycles. The van der Waals surface area contributed by atoms with Gasteiger partial charge < -0.3 is 10.4 Å². The van der Waals surface area contributed by atoms with Crippen molar-refractivity contribution in [1.82, 2.24) is 5.32 Å². The molecular weight excluding hydrogens is 285 g/mol. The Balaban J connectivity index is 2.17. The number of hydrogen-bond acceptors (Lipinski definition) is 2. The summed E-state index contributed by atoms with van der Waals surface area (Å²) in [4.78, 5) is 23.5. The molecule has 2 N–H and O–H groups in total. The lowest BCUT2D eigenvalue weighted by Gasteiger charge is -2.27. The monoisotopic (exact) mass is 299 g/mol. The van der Waals surface area contributed by atoms with Crippen molar-refractivity contribution in [3.63, 3.8) is 0 Å². The van der Waals surface area contributed by atoms with Crippen LogP contribution in [0, 0.1) is 11.2 Å². The van der Waals surface area contributed by atoms with Gasteiger partial charge in [0.25, 0.3) is 5.91 Å². The van der Waals surface area contributed by atoms with Gasteiger partial charge in [0, 0.05) is 6.04 Å². The van der Waals surface area contributed by atoms with E-state index in [4.69, 9.17) is 11.6 Å². The molecule has 0 aromatic heterocycles. The molecule has 108 valence electrons. The smallest absolute Gasteiger partial charge is 0.311 e. The zero-order valence-corrected chi connectivity index (χ0v) is 11.7. The molecule has 0 saturated heterocycles. The van der Waals surface area contributed by atoms with Crippen molar-refractivity contribution in [3.8, 4) is 0 Å². The number of amides is 1. The molecular formula is C14H15ClFNO3. The highest BCUT2D eigenvalue weighted by molar-refractivity contribution is 6.33. The highest BCUT2D eigenvalue weighted by Gasteiger charge is 2.46. The van der Waals surface area contributed by atoms with Crippen LogP contribution in [0.4, 0.5) is 4.39 Å². The second-order valence-electron chi connectivity index (χ2n) is 5.27. The normalized spacial score (nSPS) is 25.4. The van der Waals surface area contributed by atoms with Crippen molar-refractivity contribution < 1.29 is 19.1 Å². The molecule has 2 unspecified atom stereocenters. The third-order valence-corrected chi connectivity index (χ3v) is 4.24. The van der Waals surface area contributed by atoms with Gasteiger partial charge in [0.15, 0.2) is 0 Å². The van der Waals surface area contributed by atoms with Gasteiger partial charge in [0.1, 0.15) is 5.82 Å². The van der Waals surface area contributed by atoms with E-state index in [9.17, 15) is 19.1 Å². The minimum Gasteiger partial charge on any atom is -0.481 e. The third kappa shape index (κ3) is 2.63. The highest BCUT2D eigenvalue weighted by atomic mass is 35.5. The first-order chi connectivity index (χ1) is 9.34. The van der Waals surface area contributed by atoms with Crippen LogP contribution in [-0.4, -0.2) is 23.0 Å². The van der Waals surface area contributed by atoms with Gasteiger partial charge >= 0.3 is 5.97 Å². The Morgan fingerprint density at radius 3 is 2.80 bits per heavy atom. The molecule has 0 aliphatic heterocycles. The number of carboxylic acid groups (broad SMARTS) is 1. The largest absolute Gasteiger partial charge is 0.481 e. The second kappa shape index (κ2) is 5.40. The summed E-state index contributed by atoms with van der Waals surface area (Å²) in [5.74, 6) is -1.93. The SMILES string of the molecule is CC1(C(=O)O)CCCC1NC(=O)c1ccc(F)cc1Cl. The van der Waals surface area contributed by atoms with E-state index >= 15 is 0 Å². The molecule has 1 aromatic rings. The van der Waals surface area contributed by atoms with Crippen molar-refractivity contribution in [2.75, 3.05) is 0 Å². The molecule has 0 spiro atoms. The summed E-state index contributed by atoms with van der Waals surface area (Å²) in [6.07, 6.45) is 1.86. The highest BCUT2D eigenvalue weighted by Crippen LogP contribution is 2.38. The Labute approximate surface area is 120 Å². The van der Waals surface area contributed by atoms with E-state index in [1.807, 2.05) is 0 Å². The number of rotatable bonds is 3. The first-order valence-electron chi connectivity index (χ1n) is 6.34. The minimum atomic E-state index is -0.970. The maximum absolute atomic E-state index is 13.0. The Morgan fingerprint density at radius 2 is 2.20 bits per heavy atom. The Morgan fingerprint density at radius 1 is 1.50 bits per heavy atom. The van der Waals surface area contributed by atoms with Crippen LogP contribution in [0.5, 0.6) is 0 Å². The number of halogens is 2. The quantitative estimate of drug-likeness (QED) is 0.902. The molecule has 0 radical (unpaired) electrons. The average molecular weight is 300 g/mol. The molecule has 1 aromatic carbocycles. The topological polar surface area (TPSA) is 66.4 Å². The maximum Gasteiger partial charge on any atom is 0.311 e. The predicted molar refractivity (Wildman–Crippen MR) is 72.3 cm³/mol. The van der Waals surface area contributed by atoms with E-state index in [0.29, 0.717) is 12.8 Å². The number of carbonyl (C=O) groups is 2. The zero-order valence-electron chi connectivity index (χ0n) is 11.0. The molecule has 1 aliphatic rings. The fraction of sp³-hybridized carbons (Fsp3) is 0.429. The van der Waals surface area contributed by atoms with E-state index < -0.39 is 29.2 Å². The van der Waals surface area contributed by atoms with Crippen molar-refractivity contribution in [2.24, 2.45) is 5.41 Å². The summed E-state index contributed by atoms with van der Waals surface area (Å²) in [5, 5.41) is 12.0. The number of hydrogen-bond donors (Lipinski definition) is 2. The van der Waals surface area contributed by atoms with Gasteiger partial charge in [-0.3, -0.25) is 9.59 Å². The van der Waals surface area contributed by atoms with Gasteiger partial charge in [-0.1, -0.05) is 18.0 Å². The molecule has 4 nitrogen and oxygen atoms in total. The lowest BCUT2D eigenvalue weighted by molar-refractivity contribution is -0.148. The van der Waals surface area contributed by atoms with E-state index in [-0.39, 0.29) is 10.6 Å². The summed E-state index contributed by atoms with van der Waals surface area (Å²) < 4.78 is 13.0. The van der Waals surface area contributed by atoms with Crippen molar-refractivity contribution >= 4 is 23.5 Å². The van der Waals surface area contributed by atoms with Gasteiger partial charge in [0.2, 0.25) is 0 Å². The fourth-order valence-electron chi connectivity index (χ4n) is 2.56. The van der Waals surface area contributed by atoms with Gasteiger partial charge in [-0.25, -0.2) is 4.39 Å². The summed E-state index contributed by atoms with van der Waals surface area (Å²) >= 11 is 5.83. The predicted octanol–water partition coefficient (Wildman–Crippen LogP) is 2.85. The number of aliphatic carboxylic acids is 1. The zero-order chi connectivity index (χ0) is 14.9. The molecule has 2 atom stereocenters. The van der Waals surface area contributed by atoms with Crippen LogP contribution in [0.15, 0.2) is 18.2 Å². The number of carbonyl (C=O) groups excluding carboxylic acids is 1. The van der Waals surface area contributed by atoms with E-state index in [1.165, 1.54) is 6.07 Å². The first-order valence-corrected chi connectivity index (χ1v) is 6.71. The van der Waals surface area contributed by atoms with Crippen LogP contribution in [0.1, 0.15) is 36.5 Å². The third-order valence-electron chi connectivity index (χ3n) is 3.93. The van der Waals surface area contributed by atoms with Crippen molar-refractivity contribution in [3.05, 3.63) is 34.6 Å². The van der Waals surface area contributed by atoms with Gasteiger partial charge in [-0.2, -0.15) is 0 Å². The molecule has 1 amide bonds. The lowest BCUT2D eigenvalue weighted by atomic mass is 9.85. The average Bonchev–Trinajstić information content (AvgIpc) is 2.72. The van der Waals surface area contributed by atoms with Crippen molar-refractivity contribution in [1.29, 1.82) is 0 Å². The van der Waals surface area contributed by atoms with Gasteiger partial charge in [-0.05, 0) is 38.0 Å². The summed E-state index contributed by atoms with van der Waals surface area (Å²) in [7, 11) is 0. The van der Waals surface area contributed by atoms with E-state index in [2.05, 4.69) is 5.32 Å². The van der Waals surface area contributed by atoms with Crippen LogP contribution in [-0.2, 0) is 4.79 Å². The number of carboxylic acids is 1. The standard InChI is InChI=1S/C14H15ClFNO3/c1-14(13(19)20)6-2-3-11(14)17-12(18)9-5-4-8(16)7-10(9)15/h4-5,7,11H,2-3,6H2,1H3,(H,17,18)(H,19,20). The number of benzene rings is 1. The first kappa shape index (κ1) is 14.8. The maximum atomic E-state index is 13.0. The van der Waals surface area contributed by atoms with Crippen LogP contribution >= 0.6 is 11.6 Å². The summed E-state index contributed by atoms with van der Waals surface area (Å²) in [5.41, 5.74) is -0.824. The summed E-state index contributed by atoms with van der Waals surface area (Å²) in [6.45, 7) is 1.62. The van der Waals surface area contributed by atoms with E-state index in [0.717, 1.165) is 18.6 Å². The Hall–Kier alpha value is -1.62.